The topological polar surface area (TPSA) is 70.7 Å². The summed E-state index contributed by atoms with van der Waals surface area (Å²) in [6.07, 6.45) is 7.95. The molecule has 0 aromatic heterocycles. The molecule has 3 N–H and O–H groups in total. The van der Waals surface area contributed by atoms with Gasteiger partial charge in [0.15, 0.2) is 5.96 Å². The molecular formula is C14H26N4O. The van der Waals surface area contributed by atoms with Gasteiger partial charge in [-0.1, -0.05) is 19.3 Å². The van der Waals surface area contributed by atoms with Gasteiger partial charge in [0.05, 0.1) is 0 Å². The summed E-state index contributed by atoms with van der Waals surface area (Å²) in [5.74, 6) is 1.14. The van der Waals surface area contributed by atoms with Gasteiger partial charge in [0.25, 0.3) is 0 Å². The Morgan fingerprint density at radius 1 is 1.37 bits per heavy atom. The Morgan fingerprint density at radius 3 is 2.79 bits per heavy atom. The number of hydrogen-bond acceptors (Lipinski definition) is 2. The molecule has 1 amide bonds. The third-order valence-corrected chi connectivity index (χ3v) is 4.24. The Hall–Kier alpha value is -1.26. The number of piperidine rings is 1. The monoisotopic (exact) mass is 266 g/mol. The van der Waals surface area contributed by atoms with Crippen LogP contribution in [-0.2, 0) is 4.79 Å². The summed E-state index contributed by atoms with van der Waals surface area (Å²) in [6, 6.07) is 0.497. The average Bonchev–Trinajstić information content (AvgIpc) is 2.41. The van der Waals surface area contributed by atoms with E-state index in [1.807, 2.05) is 7.05 Å². The third kappa shape index (κ3) is 4.40. The second-order valence-electron chi connectivity index (χ2n) is 5.88. The van der Waals surface area contributed by atoms with E-state index in [1.165, 1.54) is 32.1 Å². The van der Waals surface area contributed by atoms with Gasteiger partial charge in [-0.3, -0.25) is 9.79 Å². The van der Waals surface area contributed by atoms with Gasteiger partial charge in [0, 0.05) is 32.6 Å². The lowest BCUT2D eigenvalue weighted by atomic mass is 9.95. The molecule has 1 saturated carbocycles. The van der Waals surface area contributed by atoms with E-state index in [4.69, 9.17) is 5.73 Å². The van der Waals surface area contributed by atoms with Gasteiger partial charge in [-0.05, 0) is 25.2 Å². The molecule has 1 unspecified atom stereocenters. The first-order chi connectivity index (χ1) is 9.15. The van der Waals surface area contributed by atoms with Crippen LogP contribution in [-0.4, -0.2) is 42.9 Å². The van der Waals surface area contributed by atoms with Crippen molar-refractivity contribution in [1.82, 2.24) is 10.2 Å². The van der Waals surface area contributed by atoms with Crippen LogP contribution in [0.1, 0.15) is 44.9 Å². The highest BCUT2D eigenvalue weighted by atomic mass is 16.2. The van der Waals surface area contributed by atoms with Crippen molar-refractivity contribution in [2.75, 3.05) is 20.1 Å². The lowest BCUT2D eigenvalue weighted by Gasteiger charge is -2.28. The molecule has 1 aliphatic carbocycles. The zero-order valence-electron chi connectivity index (χ0n) is 11.9. The van der Waals surface area contributed by atoms with Crippen molar-refractivity contribution in [3.05, 3.63) is 0 Å². The molecule has 2 rings (SSSR count). The second kappa shape index (κ2) is 6.78. The first-order valence-electron chi connectivity index (χ1n) is 7.45. The lowest BCUT2D eigenvalue weighted by Crippen LogP contribution is -2.42. The van der Waals surface area contributed by atoms with E-state index in [0.29, 0.717) is 30.9 Å². The Kier molecular flexibility index (Phi) is 5.05. The van der Waals surface area contributed by atoms with Crippen molar-refractivity contribution in [3.8, 4) is 0 Å². The van der Waals surface area contributed by atoms with Crippen LogP contribution in [0.25, 0.3) is 0 Å². The molecule has 108 valence electrons. The van der Waals surface area contributed by atoms with Crippen LogP contribution in [0.2, 0.25) is 0 Å². The van der Waals surface area contributed by atoms with Gasteiger partial charge in [0.1, 0.15) is 0 Å². The number of guanidine groups is 1. The van der Waals surface area contributed by atoms with E-state index >= 15 is 0 Å². The van der Waals surface area contributed by atoms with E-state index < -0.39 is 0 Å². The number of likely N-dealkylation sites (tertiary alicyclic amines) is 1. The number of hydrogen-bond donors (Lipinski definition) is 2. The molecule has 0 aromatic rings. The molecule has 2 aliphatic rings. The normalized spacial score (nSPS) is 26.6. The van der Waals surface area contributed by atoms with Crippen molar-refractivity contribution in [1.29, 1.82) is 0 Å². The van der Waals surface area contributed by atoms with Gasteiger partial charge in [0.2, 0.25) is 5.91 Å². The average molecular weight is 266 g/mol. The summed E-state index contributed by atoms with van der Waals surface area (Å²) in [4.78, 5) is 17.8. The Labute approximate surface area is 115 Å². The minimum atomic E-state index is 0.227. The molecule has 5 heteroatoms. The van der Waals surface area contributed by atoms with Crippen molar-refractivity contribution in [2.45, 2.75) is 51.0 Å². The molecule has 1 saturated heterocycles. The van der Waals surface area contributed by atoms with Crippen LogP contribution in [0, 0.1) is 5.92 Å². The van der Waals surface area contributed by atoms with Crippen LogP contribution >= 0.6 is 0 Å². The smallest absolute Gasteiger partial charge is 0.222 e. The second-order valence-corrected chi connectivity index (χ2v) is 5.88. The largest absolute Gasteiger partial charge is 0.370 e. The number of rotatable bonds is 3. The van der Waals surface area contributed by atoms with Gasteiger partial charge in [-0.2, -0.15) is 0 Å². The van der Waals surface area contributed by atoms with Crippen LogP contribution in [0.15, 0.2) is 4.99 Å². The summed E-state index contributed by atoms with van der Waals surface area (Å²) in [5, 5.41) is 3.31. The number of carbonyl (C=O) groups excluding carboxylic acids is 1. The Bertz CT molecular complexity index is 336. The molecule has 0 radical (unpaired) electrons. The molecule has 1 aliphatic heterocycles. The number of nitrogens with one attached hydrogen (secondary N) is 1. The standard InChI is InChI=1S/C14H26N4O/c1-18-8-7-11(9-13(18)19)10-16-14(15)17-12-5-3-2-4-6-12/h11-12H,2-10H2,1H3,(H3,15,16,17). The number of nitrogens with zero attached hydrogens (tertiary/aromatic N) is 2. The number of amides is 1. The molecule has 1 atom stereocenters. The van der Waals surface area contributed by atoms with Crippen LogP contribution in [0.5, 0.6) is 0 Å². The SMILES string of the molecule is CN1CCC(CN=C(N)NC2CCCCC2)CC1=O. The van der Waals surface area contributed by atoms with E-state index in [-0.39, 0.29) is 5.91 Å². The van der Waals surface area contributed by atoms with Crippen molar-refractivity contribution in [2.24, 2.45) is 16.6 Å². The zero-order valence-corrected chi connectivity index (χ0v) is 11.9. The van der Waals surface area contributed by atoms with E-state index in [9.17, 15) is 4.79 Å². The molecule has 0 bridgehead atoms. The van der Waals surface area contributed by atoms with E-state index in [0.717, 1.165) is 13.0 Å². The molecule has 0 spiro atoms. The molecule has 2 fully saturated rings. The fraction of sp³-hybridized carbons (Fsp3) is 0.857. The first-order valence-corrected chi connectivity index (χ1v) is 7.45. The Balaban J connectivity index is 1.73. The van der Waals surface area contributed by atoms with Crippen molar-refractivity contribution >= 4 is 11.9 Å². The maximum Gasteiger partial charge on any atom is 0.222 e. The van der Waals surface area contributed by atoms with Crippen LogP contribution in [0.3, 0.4) is 0 Å². The summed E-state index contributed by atoms with van der Waals surface area (Å²) < 4.78 is 0. The molecule has 19 heavy (non-hydrogen) atoms. The first kappa shape index (κ1) is 14.2. The highest BCUT2D eigenvalue weighted by Gasteiger charge is 2.23. The van der Waals surface area contributed by atoms with Crippen molar-refractivity contribution < 1.29 is 4.79 Å². The predicted molar refractivity (Wildman–Crippen MR) is 76.9 cm³/mol. The fourth-order valence-corrected chi connectivity index (χ4v) is 2.89. The fourth-order valence-electron chi connectivity index (χ4n) is 2.89. The van der Waals surface area contributed by atoms with Gasteiger partial charge in [-0.25, -0.2) is 0 Å². The lowest BCUT2D eigenvalue weighted by molar-refractivity contribution is -0.133. The maximum atomic E-state index is 11.6. The maximum absolute atomic E-state index is 11.6. The van der Waals surface area contributed by atoms with Gasteiger partial charge < -0.3 is 16.0 Å². The quantitative estimate of drug-likeness (QED) is 0.593. The minimum Gasteiger partial charge on any atom is -0.370 e. The summed E-state index contributed by atoms with van der Waals surface area (Å²) in [7, 11) is 1.86. The highest BCUT2D eigenvalue weighted by molar-refractivity contribution is 5.78. The number of carbonyl (C=O) groups is 1. The van der Waals surface area contributed by atoms with Gasteiger partial charge in [-0.15, -0.1) is 0 Å². The molecule has 5 nitrogen and oxygen atoms in total. The minimum absolute atomic E-state index is 0.227. The number of nitrogens with two attached hydrogens (primary N) is 1. The van der Waals surface area contributed by atoms with Crippen molar-refractivity contribution in [3.63, 3.8) is 0 Å². The van der Waals surface area contributed by atoms with E-state index in [2.05, 4.69) is 10.3 Å². The summed E-state index contributed by atoms with van der Waals surface area (Å²) in [5.41, 5.74) is 5.93. The van der Waals surface area contributed by atoms with Crippen LogP contribution in [0.4, 0.5) is 0 Å². The number of aliphatic imine (C=N–C) groups is 1. The summed E-state index contributed by atoms with van der Waals surface area (Å²) >= 11 is 0. The zero-order chi connectivity index (χ0) is 13.7. The van der Waals surface area contributed by atoms with Gasteiger partial charge >= 0.3 is 0 Å². The Morgan fingerprint density at radius 2 is 2.11 bits per heavy atom. The molecule has 0 aromatic carbocycles. The summed E-state index contributed by atoms with van der Waals surface area (Å²) in [6.45, 7) is 1.51. The van der Waals surface area contributed by atoms with Crippen LogP contribution < -0.4 is 11.1 Å². The molecule has 1 heterocycles. The van der Waals surface area contributed by atoms with E-state index in [1.54, 1.807) is 4.90 Å². The highest BCUT2D eigenvalue weighted by Crippen LogP contribution is 2.18. The molecular weight excluding hydrogens is 240 g/mol. The predicted octanol–water partition coefficient (Wildman–Crippen LogP) is 1.09. The third-order valence-electron chi connectivity index (χ3n) is 4.24.